The predicted molar refractivity (Wildman–Crippen MR) is 99.1 cm³/mol. The van der Waals surface area contributed by atoms with Gasteiger partial charge in [-0.05, 0) is 36.6 Å². The maximum atomic E-state index is 14.0. The highest BCUT2D eigenvalue weighted by Gasteiger charge is 2.32. The molecule has 0 radical (unpaired) electrons. The van der Waals surface area contributed by atoms with Crippen molar-refractivity contribution >= 4 is 6.03 Å². The molecule has 0 aliphatic carbocycles. The van der Waals surface area contributed by atoms with E-state index >= 15 is 0 Å². The van der Waals surface area contributed by atoms with Gasteiger partial charge in [-0.15, -0.1) is 0 Å². The Morgan fingerprint density at radius 2 is 2.15 bits per heavy atom. The maximum Gasteiger partial charge on any atom is 0.318 e. The number of imidazole rings is 1. The first-order chi connectivity index (χ1) is 13.2. The van der Waals surface area contributed by atoms with E-state index in [2.05, 4.69) is 20.3 Å². The van der Waals surface area contributed by atoms with Gasteiger partial charge in [-0.25, -0.2) is 14.2 Å². The molecule has 1 aliphatic heterocycles. The van der Waals surface area contributed by atoms with Crippen LogP contribution < -0.4 is 5.32 Å². The van der Waals surface area contributed by atoms with Crippen LogP contribution >= 0.6 is 0 Å². The fraction of sp³-hybridized carbons (Fsp3) is 0.250. The third-order valence-corrected chi connectivity index (χ3v) is 4.76. The molecule has 1 unspecified atom stereocenters. The second-order valence-corrected chi connectivity index (χ2v) is 6.53. The fourth-order valence-corrected chi connectivity index (χ4v) is 3.40. The van der Waals surface area contributed by atoms with Gasteiger partial charge in [-0.3, -0.25) is 4.98 Å². The van der Waals surface area contributed by atoms with Crippen LogP contribution in [0.5, 0.6) is 0 Å². The molecular weight excluding hydrogens is 345 g/mol. The van der Waals surface area contributed by atoms with E-state index in [9.17, 15) is 9.18 Å². The molecule has 0 saturated carbocycles. The number of aromatic amines is 1. The summed E-state index contributed by atoms with van der Waals surface area (Å²) in [5, 5.41) is 2.93. The number of likely N-dealkylation sites (tertiary alicyclic amines) is 1. The number of halogens is 1. The Labute approximate surface area is 156 Å². The first kappa shape index (κ1) is 17.2. The fourth-order valence-electron chi connectivity index (χ4n) is 3.40. The Hall–Kier alpha value is -3.22. The van der Waals surface area contributed by atoms with Crippen molar-refractivity contribution in [2.45, 2.75) is 25.4 Å². The lowest BCUT2D eigenvalue weighted by Gasteiger charge is -2.23. The number of carbonyl (C=O) groups excluding carboxylic acids is 1. The van der Waals surface area contributed by atoms with E-state index in [-0.39, 0.29) is 17.9 Å². The quantitative estimate of drug-likeness (QED) is 0.741. The summed E-state index contributed by atoms with van der Waals surface area (Å²) in [5.74, 6) is 0.382. The molecule has 3 heterocycles. The van der Waals surface area contributed by atoms with Gasteiger partial charge in [0, 0.05) is 31.0 Å². The Morgan fingerprint density at radius 3 is 2.96 bits per heavy atom. The minimum atomic E-state index is -0.301. The summed E-state index contributed by atoms with van der Waals surface area (Å²) in [6.45, 7) is 1.09. The molecule has 2 amide bonds. The van der Waals surface area contributed by atoms with Crippen LogP contribution in [-0.4, -0.2) is 32.4 Å². The van der Waals surface area contributed by atoms with Crippen LogP contribution in [0.25, 0.3) is 11.3 Å². The molecule has 7 heteroatoms. The van der Waals surface area contributed by atoms with Gasteiger partial charge in [0.05, 0.1) is 17.9 Å². The number of benzene rings is 1. The van der Waals surface area contributed by atoms with Crippen molar-refractivity contribution in [2.75, 3.05) is 6.54 Å². The number of rotatable bonds is 4. The van der Waals surface area contributed by atoms with Crippen LogP contribution in [-0.2, 0) is 6.54 Å². The van der Waals surface area contributed by atoms with Crippen LogP contribution in [0.4, 0.5) is 9.18 Å². The average molecular weight is 365 g/mol. The molecule has 27 heavy (non-hydrogen) atoms. The van der Waals surface area contributed by atoms with Gasteiger partial charge < -0.3 is 15.2 Å². The monoisotopic (exact) mass is 365 g/mol. The van der Waals surface area contributed by atoms with Crippen molar-refractivity contribution in [3.63, 3.8) is 0 Å². The zero-order chi connectivity index (χ0) is 18.6. The third-order valence-electron chi connectivity index (χ3n) is 4.76. The zero-order valence-electron chi connectivity index (χ0n) is 14.7. The van der Waals surface area contributed by atoms with E-state index in [1.54, 1.807) is 41.7 Å². The number of nitrogens with zero attached hydrogens (tertiary/aromatic N) is 3. The van der Waals surface area contributed by atoms with Gasteiger partial charge in [0.2, 0.25) is 0 Å². The summed E-state index contributed by atoms with van der Waals surface area (Å²) in [6.07, 6.45) is 6.78. The molecule has 1 fully saturated rings. The molecular formula is C20H20FN5O. The molecule has 0 spiro atoms. The van der Waals surface area contributed by atoms with E-state index in [1.807, 2.05) is 12.1 Å². The van der Waals surface area contributed by atoms with E-state index in [0.717, 1.165) is 18.4 Å². The summed E-state index contributed by atoms with van der Waals surface area (Å²) < 4.78 is 14.0. The molecule has 3 aromatic rings. The summed E-state index contributed by atoms with van der Waals surface area (Å²) in [5.41, 5.74) is 2.04. The van der Waals surface area contributed by atoms with E-state index in [4.69, 9.17) is 0 Å². The highest BCUT2D eigenvalue weighted by atomic mass is 19.1. The third kappa shape index (κ3) is 3.67. The van der Waals surface area contributed by atoms with E-state index in [0.29, 0.717) is 30.2 Å². The van der Waals surface area contributed by atoms with Gasteiger partial charge >= 0.3 is 6.03 Å². The van der Waals surface area contributed by atoms with Crippen molar-refractivity contribution in [3.8, 4) is 11.3 Å². The van der Waals surface area contributed by atoms with Crippen LogP contribution in [0, 0.1) is 5.82 Å². The highest BCUT2D eigenvalue weighted by molar-refractivity contribution is 5.75. The van der Waals surface area contributed by atoms with Crippen LogP contribution in [0.1, 0.15) is 30.3 Å². The maximum absolute atomic E-state index is 14.0. The number of hydrogen-bond donors (Lipinski definition) is 2. The number of pyridine rings is 1. The number of urea groups is 1. The van der Waals surface area contributed by atoms with Crippen molar-refractivity contribution in [2.24, 2.45) is 0 Å². The van der Waals surface area contributed by atoms with Crippen molar-refractivity contribution in [1.82, 2.24) is 25.2 Å². The van der Waals surface area contributed by atoms with Crippen LogP contribution in [0.2, 0.25) is 0 Å². The number of hydrogen-bond acceptors (Lipinski definition) is 3. The molecule has 4 rings (SSSR count). The van der Waals surface area contributed by atoms with Gasteiger partial charge in [0.15, 0.2) is 0 Å². The van der Waals surface area contributed by atoms with Crippen LogP contribution in [0.15, 0.2) is 55.0 Å². The first-order valence-corrected chi connectivity index (χ1v) is 8.95. The average Bonchev–Trinajstić information content (AvgIpc) is 3.36. The second-order valence-electron chi connectivity index (χ2n) is 6.53. The Morgan fingerprint density at radius 1 is 1.26 bits per heavy atom. The van der Waals surface area contributed by atoms with Gasteiger partial charge in [0.1, 0.15) is 11.6 Å². The summed E-state index contributed by atoms with van der Waals surface area (Å²) in [4.78, 5) is 26.1. The van der Waals surface area contributed by atoms with Crippen molar-refractivity contribution < 1.29 is 9.18 Å². The van der Waals surface area contributed by atoms with Gasteiger partial charge in [-0.1, -0.05) is 18.2 Å². The minimum absolute atomic E-state index is 0.134. The summed E-state index contributed by atoms with van der Waals surface area (Å²) >= 11 is 0. The molecule has 138 valence electrons. The Balaban J connectivity index is 1.47. The van der Waals surface area contributed by atoms with Gasteiger partial charge in [-0.2, -0.15) is 0 Å². The zero-order valence-corrected chi connectivity index (χ0v) is 14.7. The van der Waals surface area contributed by atoms with Crippen molar-refractivity contribution in [3.05, 3.63) is 72.2 Å². The predicted octanol–water partition coefficient (Wildman–Crippen LogP) is 3.66. The summed E-state index contributed by atoms with van der Waals surface area (Å²) in [6, 6.07) is 10.1. The minimum Gasteiger partial charge on any atom is -0.340 e. The second kappa shape index (κ2) is 7.57. The SMILES string of the molecule is O=C(NCc1cccnc1)N1CCCC1c1ncc(-c2ccccc2F)[nH]1. The summed E-state index contributed by atoms with van der Waals surface area (Å²) in [7, 11) is 0. The van der Waals surface area contributed by atoms with Crippen molar-refractivity contribution in [1.29, 1.82) is 0 Å². The Bertz CT molecular complexity index is 927. The topological polar surface area (TPSA) is 73.9 Å². The van der Waals surface area contributed by atoms with Crippen LogP contribution in [0.3, 0.4) is 0 Å². The number of aromatic nitrogens is 3. The number of nitrogens with one attached hydrogen (secondary N) is 2. The number of H-pyrrole nitrogens is 1. The number of carbonyl (C=O) groups is 1. The van der Waals surface area contributed by atoms with E-state index in [1.165, 1.54) is 6.07 Å². The lowest BCUT2D eigenvalue weighted by Crippen LogP contribution is -2.39. The smallest absolute Gasteiger partial charge is 0.318 e. The molecule has 1 aliphatic rings. The molecule has 1 atom stereocenters. The molecule has 2 aromatic heterocycles. The Kier molecular flexibility index (Phi) is 4.82. The molecule has 0 bridgehead atoms. The highest BCUT2D eigenvalue weighted by Crippen LogP contribution is 2.31. The molecule has 1 saturated heterocycles. The molecule has 6 nitrogen and oxygen atoms in total. The number of amides is 2. The lowest BCUT2D eigenvalue weighted by atomic mass is 10.1. The normalized spacial score (nSPS) is 16.5. The largest absolute Gasteiger partial charge is 0.340 e. The first-order valence-electron chi connectivity index (χ1n) is 8.95. The molecule has 1 aromatic carbocycles. The lowest BCUT2D eigenvalue weighted by molar-refractivity contribution is 0.190. The standard InChI is InChI=1S/C20H20FN5O/c21-16-7-2-1-6-15(16)17-13-23-19(25-17)18-8-4-10-26(18)20(27)24-12-14-5-3-9-22-11-14/h1-3,5-7,9,11,13,18H,4,8,10,12H2,(H,23,25)(H,24,27). The van der Waals surface area contributed by atoms with Gasteiger partial charge in [0.25, 0.3) is 0 Å². The molecule has 2 N–H and O–H groups in total. The van der Waals surface area contributed by atoms with E-state index < -0.39 is 0 Å².